The number of para-hydroxylation sites is 1. The molecule has 1 aliphatic heterocycles. The van der Waals surface area contributed by atoms with Crippen LogP contribution in [-0.4, -0.2) is 41.0 Å². The number of anilines is 1. The van der Waals surface area contributed by atoms with Gasteiger partial charge >= 0.3 is 6.09 Å². The molecule has 1 aliphatic rings. The molecule has 1 aromatic carbocycles. The van der Waals surface area contributed by atoms with Crippen molar-refractivity contribution in [1.82, 2.24) is 4.90 Å². The molecule has 0 bridgehead atoms. The van der Waals surface area contributed by atoms with Gasteiger partial charge in [-0.3, -0.25) is 9.69 Å². The van der Waals surface area contributed by atoms with Crippen molar-refractivity contribution in [2.24, 2.45) is 0 Å². The lowest BCUT2D eigenvalue weighted by molar-refractivity contribution is -0.131. The highest BCUT2D eigenvalue weighted by atomic mass is 19.3. The summed E-state index contributed by atoms with van der Waals surface area (Å²) >= 11 is 0. The third-order valence-corrected chi connectivity index (χ3v) is 4.25. The van der Waals surface area contributed by atoms with Crippen LogP contribution in [0.4, 0.5) is 19.3 Å². The second kappa shape index (κ2) is 7.21. The van der Waals surface area contributed by atoms with E-state index >= 15 is 0 Å². The van der Waals surface area contributed by atoms with E-state index < -0.39 is 42.4 Å². The molecule has 144 valence electrons. The van der Waals surface area contributed by atoms with Crippen molar-refractivity contribution < 1.29 is 23.1 Å². The van der Waals surface area contributed by atoms with Crippen LogP contribution in [-0.2, 0) is 9.53 Å². The number of amides is 2. The average Bonchev–Trinajstić information content (AvgIpc) is 2.48. The van der Waals surface area contributed by atoms with Gasteiger partial charge in [0.1, 0.15) is 11.6 Å². The summed E-state index contributed by atoms with van der Waals surface area (Å²) in [6, 6.07) is 4.21. The maximum atomic E-state index is 13.9. The van der Waals surface area contributed by atoms with E-state index in [1.165, 1.54) is 0 Å². The number of ether oxygens (including phenoxy) is 1. The number of nitrogens with one attached hydrogen (secondary N) is 1. The van der Waals surface area contributed by atoms with Gasteiger partial charge in [-0.2, -0.15) is 0 Å². The predicted molar refractivity (Wildman–Crippen MR) is 95.5 cm³/mol. The smallest absolute Gasteiger partial charge is 0.410 e. The van der Waals surface area contributed by atoms with E-state index in [1.807, 2.05) is 32.0 Å². The van der Waals surface area contributed by atoms with Crippen LogP contribution in [0, 0.1) is 13.8 Å². The van der Waals surface area contributed by atoms with Crippen LogP contribution < -0.4 is 5.32 Å². The summed E-state index contributed by atoms with van der Waals surface area (Å²) in [7, 11) is 0. The Morgan fingerprint density at radius 1 is 1.23 bits per heavy atom. The van der Waals surface area contributed by atoms with Crippen LogP contribution in [0.3, 0.4) is 0 Å². The number of carbonyl (C=O) groups excluding carboxylic acids is 2. The first kappa shape index (κ1) is 20.1. The SMILES string of the molecule is Cc1cccc(C)c1NC(=O)C1CC(F)(F)CCN1C(=O)OC(C)(C)C. The Bertz CT molecular complexity index is 678. The highest BCUT2D eigenvalue weighted by molar-refractivity contribution is 5.98. The van der Waals surface area contributed by atoms with Crippen molar-refractivity contribution in [2.75, 3.05) is 11.9 Å². The van der Waals surface area contributed by atoms with Gasteiger partial charge in [0.25, 0.3) is 5.92 Å². The number of rotatable bonds is 2. The fraction of sp³-hybridized carbons (Fsp3) is 0.579. The number of hydrogen-bond donors (Lipinski definition) is 1. The topological polar surface area (TPSA) is 58.6 Å². The summed E-state index contributed by atoms with van der Waals surface area (Å²) in [5, 5.41) is 2.71. The van der Waals surface area contributed by atoms with Gasteiger partial charge in [0, 0.05) is 25.1 Å². The summed E-state index contributed by atoms with van der Waals surface area (Å²) in [5.41, 5.74) is 1.45. The summed E-state index contributed by atoms with van der Waals surface area (Å²) < 4.78 is 33.1. The van der Waals surface area contributed by atoms with E-state index in [0.29, 0.717) is 5.69 Å². The average molecular weight is 368 g/mol. The van der Waals surface area contributed by atoms with Gasteiger partial charge in [-0.15, -0.1) is 0 Å². The Morgan fingerprint density at radius 3 is 2.35 bits per heavy atom. The molecule has 0 aliphatic carbocycles. The number of likely N-dealkylation sites (tertiary alicyclic amines) is 1. The molecule has 1 N–H and O–H groups in total. The molecule has 1 aromatic rings. The van der Waals surface area contributed by atoms with E-state index in [-0.39, 0.29) is 6.54 Å². The quantitative estimate of drug-likeness (QED) is 0.848. The van der Waals surface area contributed by atoms with Gasteiger partial charge in [0.15, 0.2) is 0 Å². The second-order valence-corrected chi connectivity index (χ2v) is 7.76. The molecule has 7 heteroatoms. The molecule has 1 unspecified atom stereocenters. The minimum absolute atomic E-state index is 0.229. The molecular weight excluding hydrogens is 342 g/mol. The summed E-state index contributed by atoms with van der Waals surface area (Å²) in [6.07, 6.45) is -1.96. The zero-order chi connectivity index (χ0) is 19.7. The Balaban J connectivity index is 2.25. The van der Waals surface area contributed by atoms with E-state index in [2.05, 4.69) is 5.32 Å². The fourth-order valence-corrected chi connectivity index (χ4v) is 2.93. The van der Waals surface area contributed by atoms with Gasteiger partial charge in [-0.1, -0.05) is 18.2 Å². The third kappa shape index (κ3) is 4.93. The zero-order valence-corrected chi connectivity index (χ0v) is 15.9. The molecule has 0 spiro atoms. The standard InChI is InChI=1S/C19H26F2N2O3/c1-12-7-6-8-13(2)15(12)22-16(24)14-11-19(20,21)9-10-23(14)17(25)26-18(3,4)5/h6-8,14H,9-11H2,1-5H3,(H,22,24). The molecule has 1 atom stereocenters. The Kier molecular flexibility index (Phi) is 5.58. The summed E-state index contributed by atoms with van der Waals surface area (Å²) in [6.45, 7) is 8.49. The van der Waals surface area contributed by atoms with E-state index in [1.54, 1.807) is 20.8 Å². The van der Waals surface area contributed by atoms with Crippen molar-refractivity contribution in [3.8, 4) is 0 Å². The molecule has 0 radical (unpaired) electrons. The van der Waals surface area contributed by atoms with Crippen LogP contribution >= 0.6 is 0 Å². The number of piperidine rings is 1. The lowest BCUT2D eigenvalue weighted by Gasteiger charge is -2.39. The number of carbonyl (C=O) groups is 2. The molecule has 0 aromatic heterocycles. The van der Waals surface area contributed by atoms with Gasteiger partial charge in [-0.05, 0) is 45.7 Å². The van der Waals surface area contributed by atoms with Crippen LogP contribution in [0.2, 0.25) is 0 Å². The normalized spacial score (nSPS) is 19.8. The van der Waals surface area contributed by atoms with Crippen molar-refractivity contribution >= 4 is 17.7 Å². The maximum Gasteiger partial charge on any atom is 0.410 e. The first-order valence-corrected chi connectivity index (χ1v) is 8.64. The number of benzene rings is 1. The third-order valence-electron chi connectivity index (χ3n) is 4.25. The molecule has 0 saturated carbocycles. The van der Waals surface area contributed by atoms with Crippen LogP contribution in [0.5, 0.6) is 0 Å². The number of aryl methyl sites for hydroxylation is 2. The highest BCUT2D eigenvalue weighted by Gasteiger charge is 2.46. The first-order valence-electron chi connectivity index (χ1n) is 8.64. The minimum Gasteiger partial charge on any atom is -0.444 e. The minimum atomic E-state index is -3.00. The molecule has 5 nitrogen and oxygen atoms in total. The molecule has 26 heavy (non-hydrogen) atoms. The molecule has 1 heterocycles. The van der Waals surface area contributed by atoms with Crippen molar-refractivity contribution in [1.29, 1.82) is 0 Å². The van der Waals surface area contributed by atoms with Gasteiger partial charge in [0.05, 0.1) is 0 Å². The fourth-order valence-electron chi connectivity index (χ4n) is 2.93. The van der Waals surface area contributed by atoms with Crippen LogP contribution in [0.25, 0.3) is 0 Å². The Labute approximate surface area is 152 Å². The first-order chi connectivity index (χ1) is 11.9. The molecule has 2 amide bonds. The molecular formula is C19H26F2N2O3. The maximum absolute atomic E-state index is 13.9. The lowest BCUT2D eigenvalue weighted by Crippen LogP contribution is -2.55. The number of hydrogen-bond acceptors (Lipinski definition) is 3. The van der Waals surface area contributed by atoms with Gasteiger partial charge in [0.2, 0.25) is 5.91 Å². The van der Waals surface area contributed by atoms with E-state index in [9.17, 15) is 18.4 Å². The predicted octanol–water partition coefficient (Wildman–Crippen LogP) is 4.28. The number of nitrogens with zero attached hydrogens (tertiary/aromatic N) is 1. The van der Waals surface area contributed by atoms with Gasteiger partial charge < -0.3 is 10.1 Å². The Hall–Kier alpha value is -2.18. The number of halogens is 2. The van der Waals surface area contributed by atoms with Crippen molar-refractivity contribution in [2.45, 2.75) is 65.0 Å². The summed E-state index contributed by atoms with van der Waals surface area (Å²) in [5.74, 6) is -3.63. The van der Waals surface area contributed by atoms with Crippen LogP contribution in [0.15, 0.2) is 18.2 Å². The second-order valence-electron chi connectivity index (χ2n) is 7.76. The lowest BCUT2D eigenvalue weighted by atomic mass is 9.97. The largest absolute Gasteiger partial charge is 0.444 e. The van der Waals surface area contributed by atoms with Crippen molar-refractivity contribution in [3.63, 3.8) is 0 Å². The molecule has 1 fully saturated rings. The van der Waals surface area contributed by atoms with Crippen LogP contribution in [0.1, 0.15) is 44.7 Å². The van der Waals surface area contributed by atoms with Crippen molar-refractivity contribution in [3.05, 3.63) is 29.3 Å². The number of alkyl halides is 2. The Morgan fingerprint density at radius 2 is 1.81 bits per heavy atom. The monoisotopic (exact) mass is 368 g/mol. The highest BCUT2D eigenvalue weighted by Crippen LogP contribution is 2.33. The summed E-state index contributed by atoms with van der Waals surface area (Å²) in [4.78, 5) is 26.3. The van der Waals surface area contributed by atoms with Gasteiger partial charge in [-0.25, -0.2) is 13.6 Å². The zero-order valence-electron chi connectivity index (χ0n) is 15.9. The van der Waals surface area contributed by atoms with E-state index in [4.69, 9.17) is 4.74 Å². The van der Waals surface area contributed by atoms with E-state index in [0.717, 1.165) is 16.0 Å². The molecule has 1 saturated heterocycles. The molecule has 2 rings (SSSR count).